The summed E-state index contributed by atoms with van der Waals surface area (Å²) in [5.41, 5.74) is 0.924. The first-order chi connectivity index (χ1) is 13.0. The molecule has 4 nitrogen and oxygen atoms in total. The van der Waals surface area contributed by atoms with Crippen LogP contribution in [0, 0.1) is 11.3 Å². The number of likely N-dealkylation sites (tertiary alicyclic amines) is 2. The highest BCUT2D eigenvalue weighted by Crippen LogP contribution is 2.56. The fourth-order valence-corrected chi connectivity index (χ4v) is 5.56. The van der Waals surface area contributed by atoms with Crippen LogP contribution in [-0.2, 0) is 9.59 Å². The van der Waals surface area contributed by atoms with Crippen LogP contribution in [0.25, 0.3) is 0 Å². The van der Waals surface area contributed by atoms with Crippen molar-refractivity contribution in [1.82, 2.24) is 9.80 Å². The zero-order valence-corrected chi connectivity index (χ0v) is 16.7. The van der Waals surface area contributed by atoms with E-state index in [1.165, 1.54) is 24.8 Å². The fourth-order valence-electron chi connectivity index (χ4n) is 5.56. The molecule has 1 spiro atoms. The maximum absolute atomic E-state index is 13.2. The maximum Gasteiger partial charge on any atom is 0.232 e. The SMILES string of the molecule is CC(C)N1C(=O)C2(CCN(C(=O)C3CCCCC3)CC2)C1c1ccccc1. The van der Waals surface area contributed by atoms with Crippen molar-refractivity contribution in [3.8, 4) is 0 Å². The van der Waals surface area contributed by atoms with Crippen LogP contribution in [0.15, 0.2) is 30.3 Å². The van der Waals surface area contributed by atoms with Gasteiger partial charge in [-0.2, -0.15) is 0 Å². The minimum atomic E-state index is -0.311. The Kier molecular flexibility index (Phi) is 5.00. The molecule has 1 aromatic rings. The van der Waals surface area contributed by atoms with Gasteiger partial charge in [0.05, 0.1) is 11.5 Å². The minimum Gasteiger partial charge on any atom is -0.342 e. The molecule has 2 amide bonds. The maximum atomic E-state index is 13.2. The Morgan fingerprint density at radius 3 is 2.26 bits per heavy atom. The molecule has 0 bridgehead atoms. The van der Waals surface area contributed by atoms with Crippen molar-refractivity contribution in [2.24, 2.45) is 11.3 Å². The number of piperidine rings is 1. The van der Waals surface area contributed by atoms with Gasteiger partial charge in [-0.1, -0.05) is 49.6 Å². The molecule has 1 atom stereocenters. The molecule has 146 valence electrons. The number of carbonyl (C=O) groups is 2. The molecule has 0 aromatic heterocycles. The average Bonchev–Trinajstić information content (AvgIpc) is 2.72. The van der Waals surface area contributed by atoms with Crippen molar-refractivity contribution >= 4 is 11.8 Å². The summed E-state index contributed by atoms with van der Waals surface area (Å²) in [6, 6.07) is 10.8. The first kappa shape index (κ1) is 18.5. The van der Waals surface area contributed by atoms with Gasteiger partial charge in [0.25, 0.3) is 0 Å². The van der Waals surface area contributed by atoms with Gasteiger partial charge in [-0.3, -0.25) is 9.59 Å². The molecule has 3 aliphatic rings. The summed E-state index contributed by atoms with van der Waals surface area (Å²) >= 11 is 0. The van der Waals surface area contributed by atoms with Gasteiger partial charge in [0.1, 0.15) is 0 Å². The van der Waals surface area contributed by atoms with Crippen LogP contribution in [0.1, 0.15) is 70.4 Å². The highest BCUT2D eigenvalue weighted by Gasteiger charge is 2.62. The van der Waals surface area contributed by atoms with E-state index in [9.17, 15) is 9.59 Å². The van der Waals surface area contributed by atoms with Crippen molar-refractivity contribution in [2.45, 2.75) is 70.9 Å². The molecule has 1 unspecified atom stereocenters. The zero-order valence-electron chi connectivity index (χ0n) is 16.7. The molecule has 4 heteroatoms. The van der Waals surface area contributed by atoms with Gasteiger partial charge < -0.3 is 9.80 Å². The Hall–Kier alpha value is -1.84. The third kappa shape index (κ3) is 3.07. The van der Waals surface area contributed by atoms with E-state index >= 15 is 0 Å². The highest BCUT2D eigenvalue weighted by molar-refractivity contribution is 5.91. The third-order valence-corrected chi connectivity index (χ3v) is 7.06. The number of nitrogens with zero attached hydrogens (tertiary/aromatic N) is 2. The molecule has 4 rings (SSSR count). The Balaban J connectivity index is 1.50. The van der Waals surface area contributed by atoms with Crippen LogP contribution in [0.2, 0.25) is 0 Å². The second-order valence-electron chi connectivity index (χ2n) is 8.94. The summed E-state index contributed by atoms with van der Waals surface area (Å²) in [5.74, 6) is 0.853. The normalized spacial score (nSPS) is 25.7. The number of rotatable bonds is 3. The van der Waals surface area contributed by atoms with E-state index in [0.29, 0.717) is 5.91 Å². The second-order valence-corrected chi connectivity index (χ2v) is 8.94. The predicted molar refractivity (Wildman–Crippen MR) is 106 cm³/mol. The van der Waals surface area contributed by atoms with Crippen LogP contribution in [0.5, 0.6) is 0 Å². The standard InChI is InChI=1S/C23H32N2O2/c1-17(2)25-20(18-9-5-3-6-10-18)23(22(25)27)13-15-24(16-14-23)21(26)19-11-7-4-8-12-19/h3,5-6,9-10,17,19-20H,4,7-8,11-16H2,1-2H3. The molecule has 1 saturated carbocycles. The van der Waals surface area contributed by atoms with E-state index in [2.05, 4.69) is 43.0 Å². The molecule has 27 heavy (non-hydrogen) atoms. The minimum absolute atomic E-state index is 0.151. The van der Waals surface area contributed by atoms with Crippen molar-refractivity contribution in [1.29, 1.82) is 0 Å². The van der Waals surface area contributed by atoms with Gasteiger partial charge in [0.15, 0.2) is 0 Å². The molecule has 1 aliphatic carbocycles. The zero-order chi connectivity index (χ0) is 19.0. The molecule has 1 aromatic carbocycles. The Morgan fingerprint density at radius 2 is 1.67 bits per heavy atom. The highest BCUT2D eigenvalue weighted by atomic mass is 16.2. The monoisotopic (exact) mass is 368 g/mol. The number of hydrogen-bond donors (Lipinski definition) is 0. The van der Waals surface area contributed by atoms with Crippen molar-refractivity contribution in [3.05, 3.63) is 35.9 Å². The van der Waals surface area contributed by atoms with Crippen LogP contribution < -0.4 is 0 Å². The largest absolute Gasteiger partial charge is 0.342 e. The lowest BCUT2D eigenvalue weighted by molar-refractivity contribution is -0.186. The molecule has 0 N–H and O–H groups in total. The van der Waals surface area contributed by atoms with Crippen molar-refractivity contribution in [2.75, 3.05) is 13.1 Å². The Morgan fingerprint density at radius 1 is 1.04 bits per heavy atom. The lowest BCUT2D eigenvalue weighted by atomic mass is 9.61. The van der Waals surface area contributed by atoms with Gasteiger partial charge in [-0.05, 0) is 45.1 Å². The van der Waals surface area contributed by atoms with Gasteiger partial charge in [-0.25, -0.2) is 0 Å². The van der Waals surface area contributed by atoms with Gasteiger partial charge in [0, 0.05) is 25.0 Å². The Labute approximate surface area is 162 Å². The summed E-state index contributed by atoms with van der Waals surface area (Å²) in [4.78, 5) is 30.2. The van der Waals surface area contributed by atoms with Gasteiger partial charge in [-0.15, -0.1) is 0 Å². The molecule has 2 saturated heterocycles. The van der Waals surface area contributed by atoms with E-state index in [-0.39, 0.29) is 29.3 Å². The summed E-state index contributed by atoms with van der Waals surface area (Å²) in [6.45, 7) is 5.66. The molecule has 3 fully saturated rings. The number of carbonyl (C=O) groups excluding carboxylic acids is 2. The fraction of sp³-hybridized carbons (Fsp3) is 0.652. The lowest BCUT2D eigenvalue weighted by Crippen LogP contribution is -2.68. The molecule has 2 heterocycles. The van der Waals surface area contributed by atoms with Gasteiger partial charge in [0.2, 0.25) is 11.8 Å². The smallest absolute Gasteiger partial charge is 0.232 e. The number of benzene rings is 1. The van der Waals surface area contributed by atoms with Gasteiger partial charge >= 0.3 is 0 Å². The topological polar surface area (TPSA) is 40.6 Å². The van der Waals surface area contributed by atoms with Crippen molar-refractivity contribution in [3.63, 3.8) is 0 Å². The van der Waals surface area contributed by atoms with E-state index in [1.807, 2.05) is 11.0 Å². The quantitative estimate of drug-likeness (QED) is 0.752. The first-order valence-corrected chi connectivity index (χ1v) is 10.7. The number of β-lactam (4-membered cyclic amide) rings is 1. The number of hydrogen-bond acceptors (Lipinski definition) is 2. The lowest BCUT2D eigenvalue weighted by Gasteiger charge is -2.60. The third-order valence-electron chi connectivity index (χ3n) is 7.06. The second kappa shape index (κ2) is 7.29. The van der Waals surface area contributed by atoms with E-state index in [1.54, 1.807) is 0 Å². The van der Waals surface area contributed by atoms with Crippen LogP contribution in [0.3, 0.4) is 0 Å². The summed E-state index contributed by atoms with van der Waals surface area (Å²) in [5, 5.41) is 0. The molecule has 0 radical (unpaired) electrons. The molecule has 2 aliphatic heterocycles. The molecular weight excluding hydrogens is 336 g/mol. The van der Waals surface area contributed by atoms with E-state index in [0.717, 1.165) is 38.8 Å². The van der Waals surface area contributed by atoms with Crippen LogP contribution >= 0.6 is 0 Å². The summed E-state index contributed by atoms with van der Waals surface area (Å²) < 4.78 is 0. The van der Waals surface area contributed by atoms with Crippen LogP contribution in [-0.4, -0.2) is 40.7 Å². The average molecular weight is 369 g/mol. The van der Waals surface area contributed by atoms with Crippen LogP contribution in [0.4, 0.5) is 0 Å². The Bertz CT molecular complexity index is 686. The summed E-state index contributed by atoms with van der Waals surface area (Å²) in [7, 11) is 0. The number of amides is 2. The first-order valence-electron chi connectivity index (χ1n) is 10.7. The van der Waals surface area contributed by atoms with E-state index < -0.39 is 0 Å². The summed E-state index contributed by atoms with van der Waals surface area (Å²) in [6.07, 6.45) is 7.34. The molecular formula is C23H32N2O2. The van der Waals surface area contributed by atoms with E-state index in [4.69, 9.17) is 0 Å². The predicted octanol–water partition coefficient (Wildman–Crippen LogP) is 4.17. The van der Waals surface area contributed by atoms with Crippen molar-refractivity contribution < 1.29 is 9.59 Å².